The Morgan fingerprint density at radius 3 is 1.17 bits per heavy atom. The third-order valence-electron chi connectivity index (χ3n) is 17.8. The zero-order valence-corrected chi connectivity index (χ0v) is 58.4. The molecular formula is C65H126N12O9S3. The second kappa shape index (κ2) is 37.5. The number of carbonyl (C=O) groups excluding carboxylic acids is 6. The zero-order valence-electron chi connectivity index (χ0n) is 55.4. The molecule has 0 aromatic heterocycles. The minimum Gasteiger partial charge on any atom is -0.444 e. The van der Waals surface area contributed by atoms with Crippen LogP contribution in [0, 0.1) is 5.92 Å². The van der Waals surface area contributed by atoms with Gasteiger partial charge in [0.05, 0.1) is 18.1 Å². The Bertz CT molecular complexity index is 2300. The number of likely N-dealkylation sites (tertiary alicyclic amines) is 5. The maximum Gasteiger partial charge on any atom is 0.410 e. The van der Waals surface area contributed by atoms with E-state index in [0.717, 1.165) is 90.3 Å². The van der Waals surface area contributed by atoms with Crippen LogP contribution < -0.4 is 5.32 Å². The summed E-state index contributed by atoms with van der Waals surface area (Å²) in [6.45, 7) is 29.6. The monoisotopic (exact) mass is 1310 g/mol. The zero-order chi connectivity index (χ0) is 61.1. The third-order valence-corrected chi connectivity index (χ3v) is 17.8. The molecular weight excluding hydrogens is 1190 g/mol. The Morgan fingerprint density at radius 2 is 0.798 bits per heavy atom. The fourth-order valence-electron chi connectivity index (χ4n) is 12.4. The molecule has 0 bridgehead atoms. The van der Waals surface area contributed by atoms with Crippen molar-refractivity contribution in [3.63, 3.8) is 0 Å². The van der Waals surface area contributed by atoms with Crippen molar-refractivity contribution >= 4 is 76.9 Å². The topological polar surface area (TPSA) is 178 Å². The lowest BCUT2D eigenvalue weighted by atomic mass is 9.87. The van der Waals surface area contributed by atoms with Crippen LogP contribution in [0.15, 0.2) is 30.3 Å². The lowest BCUT2D eigenvalue weighted by Crippen LogP contribution is -2.48. The third kappa shape index (κ3) is 25.3. The van der Waals surface area contributed by atoms with Crippen molar-refractivity contribution in [3.8, 4) is 0 Å². The standard InChI is InChI=1S/C23H42N4O3.C23H36N4O3.C16H30N4O3.3CH4.3H2S/c1-17-7-9-18(10-8-17)26-13-11-19(15-26)24(5)21(28)27-14-12-20(16-27)25(6)22(29)30-23(2,3)4;1-23(2,3)30-22(29)25(5)20-12-14-27(17-20)21(28)24(4)19-11-13-26(16-19)15-18-9-7-6-8-10-18;1-16(2,3)23-15(22)19(5)13-7-9-20(11-13)14(21)18(4)12-6-8-17-10-12;;;;;;/h17-20H,7-16H2,1-6H3;6-10,19-20H,11-17H2,1-5H3;12-13,17H,6-11H2,1-5H3;3*1H4;3*1H2/t17?,18?,19-,20+;19-,20+;12-,13+;;;;;;/m111....../s1. The lowest BCUT2D eigenvalue weighted by molar-refractivity contribution is 0.0219. The molecule has 89 heavy (non-hydrogen) atoms. The highest BCUT2D eigenvalue weighted by atomic mass is 32.1. The maximum atomic E-state index is 13.1. The molecule has 21 nitrogen and oxygen atoms in total. The molecule has 7 fully saturated rings. The Kier molecular flexibility index (Phi) is 35.7. The molecule has 1 aromatic rings. The number of hydrogen-bond donors (Lipinski definition) is 1. The molecule has 8 rings (SSSR count). The molecule has 1 aliphatic carbocycles. The van der Waals surface area contributed by atoms with Gasteiger partial charge >= 0.3 is 36.4 Å². The number of ether oxygens (including phenoxy) is 3. The van der Waals surface area contributed by atoms with E-state index in [1.54, 1.807) is 35.8 Å². The van der Waals surface area contributed by atoms with Gasteiger partial charge in [-0.15, -0.1) is 0 Å². The summed E-state index contributed by atoms with van der Waals surface area (Å²) in [5.41, 5.74) is -0.229. The quantitative estimate of drug-likeness (QED) is 0.232. The minimum atomic E-state index is -0.520. The van der Waals surface area contributed by atoms with E-state index in [-0.39, 0.29) is 129 Å². The first-order chi connectivity index (χ1) is 38.9. The van der Waals surface area contributed by atoms with Crippen LogP contribution in [0.2, 0.25) is 0 Å². The summed E-state index contributed by atoms with van der Waals surface area (Å²) >= 11 is 0. The Morgan fingerprint density at radius 1 is 0.449 bits per heavy atom. The Balaban J connectivity index is 0.00000127. The number of likely N-dealkylation sites (N-methyl/N-ethyl adjacent to an activating group) is 6. The van der Waals surface area contributed by atoms with E-state index < -0.39 is 16.8 Å². The number of amides is 9. The number of carbonyl (C=O) groups is 6. The molecule has 9 amide bonds. The highest BCUT2D eigenvalue weighted by Crippen LogP contribution is 2.31. The summed E-state index contributed by atoms with van der Waals surface area (Å²) in [7, 11) is 11.0. The van der Waals surface area contributed by atoms with Gasteiger partial charge in [0.15, 0.2) is 0 Å². The van der Waals surface area contributed by atoms with Gasteiger partial charge in [-0.3, -0.25) is 9.80 Å². The molecule has 1 saturated carbocycles. The molecule has 24 heteroatoms. The van der Waals surface area contributed by atoms with E-state index in [1.165, 1.54) is 31.2 Å². The predicted octanol–water partition coefficient (Wildman–Crippen LogP) is 10.5. The second-order valence-electron chi connectivity index (χ2n) is 27.8. The van der Waals surface area contributed by atoms with Gasteiger partial charge in [0.2, 0.25) is 0 Å². The number of nitrogens with zero attached hydrogens (tertiary/aromatic N) is 11. The van der Waals surface area contributed by atoms with Gasteiger partial charge in [-0.05, 0) is 145 Å². The molecule has 6 atom stereocenters. The average Bonchev–Trinajstić information content (AvgIpc) is 2.75. The van der Waals surface area contributed by atoms with Crippen molar-refractivity contribution in [3.05, 3.63) is 35.9 Å². The van der Waals surface area contributed by atoms with Crippen LogP contribution in [0.1, 0.15) is 161 Å². The largest absolute Gasteiger partial charge is 0.444 e. The molecule has 1 aromatic carbocycles. The van der Waals surface area contributed by atoms with Gasteiger partial charge in [0.25, 0.3) is 0 Å². The minimum absolute atomic E-state index is 0. The van der Waals surface area contributed by atoms with Crippen LogP contribution in [0.25, 0.3) is 0 Å². The molecule has 6 saturated heterocycles. The number of benzene rings is 1. The molecule has 0 unspecified atom stereocenters. The van der Waals surface area contributed by atoms with Crippen LogP contribution in [0.4, 0.5) is 28.8 Å². The average molecular weight is 1320 g/mol. The van der Waals surface area contributed by atoms with E-state index in [9.17, 15) is 28.8 Å². The molecule has 0 radical (unpaired) electrons. The predicted molar refractivity (Wildman–Crippen MR) is 376 cm³/mol. The fraction of sp³-hybridized carbons (Fsp3) is 0.815. The van der Waals surface area contributed by atoms with Gasteiger partial charge in [0.1, 0.15) is 16.8 Å². The molecule has 6 aliphatic heterocycles. The first-order valence-electron chi connectivity index (χ1n) is 31.0. The van der Waals surface area contributed by atoms with Crippen molar-refractivity contribution < 1.29 is 43.0 Å². The normalized spacial score (nSPS) is 24.1. The Labute approximate surface area is 560 Å². The number of urea groups is 3. The molecule has 7 aliphatic rings. The van der Waals surface area contributed by atoms with Crippen molar-refractivity contribution in [2.24, 2.45) is 5.92 Å². The van der Waals surface area contributed by atoms with Crippen molar-refractivity contribution in [2.45, 2.75) is 221 Å². The van der Waals surface area contributed by atoms with Crippen LogP contribution in [-0.4, -0.2) is 270 Å². The van der Waals surface area contributed by atoms with Crippen LogP contribution in [-0.2, 0) is 20.8 Å². The maximum absolute atomic E-state index is 13.1. The van der Waals surface area contributed by atoms with Gasteiger partial charge in [-0.1, -0.05) is 59.5 Å². The smallest absolute Gasteiger partial charge is 0.410 e. The molecule has 518 valence electrons. The SMILES string of the molecule is C.C.C.CC1CCC(N2CC[C@@H](N(C)C(=O)N3CC[C@H](N(C)C(=O)OC(C)(C)C)C3)C2)CC1.CN(C(=O)OC(C)(C)C)[C@H]1CCN(C(=O)N(C)[C@@H]2CCN(Cc3ccccc3)C2)C1.CN(C(=O)OC(C)(C)C)[C@H]1CCN(C(=O)N(C)[C@@H]2CCNC2)C1.S.S.S. The van der Waals surface area contributed by atoms with Gasteiger partial charge in [0, 0.05) is 145 Å². The first kappa shape index (κ1) is 84.8. The van der Waals surface area contributed by atoms with Crippen molar-refractivity contribution in [2.75, 3.05) is 121 Å². The summed E-state index contributed by atoms with van der Waals surface area (Å²) in [4.78, 5) is 96.8. The second-order valence-corrected chi connectivity index (χ2v) is 27.8. The highest BCUT2D eigenvalue weighted by molar-refractivity contribution is 7.59. The van der Waals surface area contributed by atoms with Crippen LogP contribution in [0.5, 0.6) is 0 Å². The van der Waals surface area contributed by atoms with Gasteiger partial charge in [-0.2, -0.15) is 40.5 Å². The van der Waals surface area contributed by atoms with E-state index in [2.05, 4.69) is 46.3 Å². The molecule has 0 spiro atoms. The Hall–Kier alpha value is -4.23. The highest BCUT2D eigenvalue weighted by Gasteiger charge is 2.41. The van der Waals surface area contributed by atoms with E-state index in [1.807, 2.05) is 119 Å². The van der Waals surface area contributed by atoms with Crippen molar-refractivity contribution in [1.82, 2.24) is 59.2 Å². The summed E-state index contributed by atoms with van der Waals surface area (Å²) in [6, 6.07) is 12.2. The fourth-order valence-corrected chi connectivity index (χ4v) is 12.4. The van der Waals surface area contributed by atoms with Crippen LogP contribution >= 0.6 is 40.5 Å². The first-order valence-corrected chi connectivity index (χ1v) is 31.0. The summed E-state index contributed by atoms with van der Waals surface area (Å²) < 4.78 is 16.3. The number of rotatable bonds is 9. The summed E-state index contributed by atoms with van der Waals surface area (Å²) in [5, 5.41) is 3.28. The van der Waals surface area contributed by atoms with Crippen LogP contribution in [0.3, 0.4) is 0 Å². The number of hydrogen-bond acceptors (Lipinski definition) is 12. The molecule has 6 heterocycles. The van der Waals surface area contributed by atoms with Gasteiger partial charge in [-0.25, -0.2) is 28.8 Å². The molecule has 1 N–H and O–H groups in total. The van der Waals surface area contributed by atoms with E-state index >= 15 is 0 Å². The van der Waals surface area contributed by atoms with E-state index in [4.69, 9.17) is 14.2 Å². The van der Waals surface area contributed by atoms with Gasteiger partial charge < -0.3 is 63.6 Å². The number of nitrogens with one attached hydrogen (secondary N) is 1. The van der Waals surface area contributed by atoms with E-state index in [0.29, 0.717) is 51.4 Å². The van der Waals surface area contributed by atoms with Crippen molar-refractivity contribution in [1.29, 1.82) is 0 Å². The summed E-state index contributed by atoms with van der Waals surface area (Å²) in [5.74, 6) is 0.867. The lowest BCUT2D eigenvalue weighted by Gasteiger charge is -2.35. The summed E-state index contributed by atoms with van der Waals surface area (Å²) in [6.07, 6.45) is 9.71.